The van der Waals surface area contributed by atoms with Gasteiger partial charge in [-0.1, -0.05) is 12.1 Å². The number of esters is 1. The van der Waals surface area contributed by atoms with Gasteiger partial charge in [0.2, 0.25) is 0 Å². The summed E-state index contributed by atoms with van der Waals surface area (Å²) in [7, 11) is 1.38. The van der Waals surface area contributed by atoms with Gasteiger partial charge >= 0.3 is 5.97 Å². The Balaban J connectivity index is 2.36. The molecule has 17 heavy (non-hydrogen) atoms. The number of ether oxygens (including phenoxy) is 2. The Morgan fingerprint density at radius 1 is 1.47 bits per heavy atom. The van der Waals surface area contributed by atoms with Gasteiger partial charge in [0, 0.05) is 12.5 Å². The molecule has 0 aliphatic rings. The van der Waals surface area contributed by atoms with Gasteiger partial charge < -0.3 is 15.2 Å². The van der Waals surface area contributed by atoms with E-state index in [0.717, 1.165) is 11.3 Å². The van der Waals surface area contributed by atoms with Crippen LogP contribution in [0.4, 0.5) is 0 Å². The lowest BCUT2D eigenvalue weighted by Gasteiger charge is -2.09. The van der Waals surface area contributed by atoms with Gasteiger partial charge in [-0.3, -0.25) is 4.79 Å². The maximum absolute atomic E-state index is 10.9. The van der Waals surface area contributed by atoms with E-state index in [1.54, 1.807) is 0 Å². The quantitative estimate of drug-likeness (QED) is 0.607. The van der Waals surface area contributed by atoms with Crippen LogP contribution in [0.2, 0.25) is 0 Å². The van der Waals surface area contributed by atoms with E-state index < -0.39 is 0 Å². The summed E-state index contributed by atoms with van der Waals surface area (Å²) in [6, 6.07) is 7.67. The Kier molecular flexibility index (Phi) is 5.49. The number of nitrogens with two attached hydrogens (primary N) is 1. The van der Waals surface area contributed by atoms with Crippen LogP contribution in [0.15, 0.2) is 24.3 Å². The average molecular weight is 237 g/mol. The molecule has 1 atom stereocenters. The van der Waals surface area contributed by atoms with Gasteiger partial charge in [-0.25, -0.2) is 0 Å². The van der Waals surface area contributed by atoms with Crippen molar-refractivity contribution in [1.82, 2.24) is 0 Å². The molecule has 0 saturated carbocycles. The number of rotatable bonds is 6. The Bertz CT molecular complexity index is 363. The molecular weight excluding hydrogens is 218 g/mol. The number of carbonyl (C=O) groups excluding carboxylic acids is 1. The number of hydrogen-bond donors (Lipinski definition) is 1. The van der Waals surface area contributed by atoms with Crippen molar-refractivity contribution in [3.8, 4) is 5.75 Å². The van der Waals surface area contributed by atoms with Crippen LogP contribution in [0.1, 0.15) is 31.4 Å². The summed E-state index contributed by atoms with van der Waals surface area (Å²) in [5, 5.41) is 0. The van der Waals surface area contributed by atoms with Crippen molar-refractivity contribution in [3.63, 3.8) is 0 Å². The molecule has 4 nitrogen and oxygen atoms in total. The highest BCUT2D eigenvalue weighted by atomic mass is 16.5. The summed E-state index contributed by atoms with van der Waals surface area (Å²) in [6.45, 7) is 2.42. The Hall–Kier alpha value is -1.55. The van der Waals surface area contributed by atoms with Crippen LogP contribution >= 0.6 is 0 Å². The van der Waals surface area contributed by atoms with E-state index in [9.17, 15) is 4.79 Å². The fraction of sp³-hybridized carbons (Fsp3) is 0.462. The van der Waals surface area contributed by atoms with E-state index in [1.165, 1.54) is 7.11 Å². The minimum Gasteiger partial charge on any atom is -0.494 e. The lowest BCUT2D eigenvalue weighted by Crippen LogP contribution is -2.06. The predicted octanol–water partition coefficient (Wildman–Crippen LogP) is 2.04. The molecule has 0 amide bonds. The smallest absolute Gasteiger partial charge is 0.305 e. The van der Waals surface area contributed by atoms with E-state index in [-0.39, 0.29) is 12.0 Å². The first-order valence-electron chi connectivity index (χ1n) is 5.68. The monoisotopic (exact) mass is 237 g/mol. The third-order valence-electron chi connectivity index (χ3n) is 2.41. The highest BCUT2D eigenvalue weighted by Crippen LogP contribution is 2.17. The fourth-order valence-electron chi connectivity index (χ4n) is 1.40. The molecule has 0 aliphatic heterocycles. The number of carbonyl (C=O) groups is 1. The second-order valence-corrected chi connectivity index (χ2v) is 3.89. The van der Waals surface area contributed by atoms with Crippen LogP contribution in [0.25, 0.3) is 0 Å². The van der Waals surface area contributed by atoms with Crippen LogP contribution < -0.4 is 10.5 Å². The Morgan fingerprint density at radius 2 is 2.24 bits per heavy atom. The van der Waals surface area contributed by atoms with Gasteiger partial charge in [0.05, 0.1) is 13.7 Å². The number of methoxy groups -OCH3 is 1. The maximum Gasteiger partial charge on any atom is 0.305 e. The van der Waals surface area contributed by atoms with E-state index in [1.807, 2.05) is 31.2 Å². The van der Waals surface area contributed by atoms with Gasteiger partial charge in [0.15, 0.2) is 0 Å². The maximum atomic E-state index is 10.9. The van der Waals surface area contributed by atoms with Gasteiger partial charge in [0.25, 0.3) is 0 Å². The molecule has 0 fully saturated rings. The van der Waals surface area contributed by atoms with Crippen LogP contribution in [0.5, 0.6) is 5.75 Å². The minimum absolute atomic E-state index is 0.00591. The van der Waals surface area contributed by atoms with Crippen LogP contribution in [0, 0.1) is 0 Å². The van der Waals surface area contributed by atoms with Crippen molar-refractivity contribution in [3.05, 3.63) is 29.8 Å². The van der Waals surface area contributed by atoms with Crippen molar-refractivity contribution in [2.75, 3.05) is 13.7 Å². The highest BCUT2D eigenvalue weighted by molar-refractivity contribution is 5.69. The first-order chi connectivity index (χ1) is 8.13. The van der Waals surface area contributed by atoms with E-state index in [2.05, 4.69) is 4.74 Å². The predicted molar refractivity (Wildman–Crippen MR) is 65.8 cm³/mol. The van der Waals surface area contributed by atoms with E-state index in [4.69, 9.17) is 10.5 Å². The third kappa shape index (κ3) is 4.87. The number of benzene rings is 1. The minimum atomic E-state index is -0.210. The molecule has 0 aliphatic carbocycles. The molecule has 94 valence electrons. The zero-order valence-corrected chi connectivity index (χ0v) is 10.3. The molecule has 0 aromatic heterocycles. The molecule has 1 rings (SSSR count). The summed E-state index contributed by atoms with van der Waals surface area (Å²) >= 11 is 0. The van der Waals surface area contributed by atoms with E-state index >= 15 is 0 Å². The molecule has 0 saturated heterocycles. The molecule has 1 aromatic rings. The van der Waals surface area contributed by atoms with Crippen molar-refractivity contribution in [1.29, 1.82) is 0 Å². The number of hydrogen-bond acceptors (Lipinski definition) is 4. The largest absolute Gasteiger partial charge is 0.494 e. The van der Waals surface area contributed by atoms with Crippen molar-refractivity contribution in [2.45, 2.75) is 25.8 Å². The molecule has 0 heterocycles. The first-order valence-corrected chi connectivity index (χ1v) is 5.68. The summed E-state index contributed by atoms with van der Waals surface area (Å²) in [4.78, 5) is 10.9. The molecule has 0 radical (unpaired) electrons. The standard InChI is InChI=1S/C13H19NO3/c1-10(14)11-5-3-6-12(9-11)17-8-4-7-13(15)16-2/h3,5-6,9-10H,4,7-8,14H2,1-2H3. The van der Waals surface area contributed by atoms with Gasteiger partial charge in [0.1, 0.15) is 5.75 Å². The molecule has 4 heteroatoms. The SMILES string of the molecule is COC(=O)CCCOc1cccc(C(C)N)c1. The highest BCUT2D eigenvalue weighted by Gasteiger charge is 2.02. The Morgan fingerprint density at radius 3 is 2.88 bits per heavy atom. The molecule has 0 spiro atoms. The van der Waals surface area contributed by atoms with Gasteiger partial charge in [-0.15, -0.1) is 0 Å². The second-order valence-electron chi connectivity index (χ2n) is 3.89. The van der Waals surface area contributed by atoms with Crippen molar-refractivity contribution >= 4 is 5.97 Å². The second kappa shape index (κ2) is 6.91. The molecular formula is C13H19NO3. The van der Waals surface area contributed by atoms with Crippen LogP contribution in [-0.2, 0) is 9.53 Å². The van der Waals surface area contributed by atoms with Crippen LogP contribution in [0.3, 0.4) is 0 Å². The lowest BCUT2D eigenvalue weighted by atomic mass is 10.1. The van der Waals surface area contributed by atoms with Gasteiger partial charge in [-0.05, 0) is 31.0 Å². The van der Waals surface area contributed by atoms with E-state index in [0.29, 0.717) is 19.4 Å². The molecule has 1 unspecified atom stereocenters. The Labute approximate surface area is 102 Å². The van der Waals surface area contributed by atoms with Crippen LogP contribution in [-0.4, -0.2) is 19.7 Å². The normalized spacial score (nSPS) is 11.9. The average Bonchev–Trinajstić information content (AvgIpc) is 2.34. The van der Waals surface area contributed by atoms with Gasteiger partial charge in [-0.2, -0.15) is 0 Å². The molecule has 2 N–H and O–H groups in total. The summed E-state index contributed by atoms with van der Waals surface area (Å²) < 4.78 is 10.1. The summed E-state index contributed by atoms with van der Waals surface area (Å²) in [6.07, 6.45) is 1.03. The summed E-state index contributed by atoms with van der Waals surface area (Å²) in [5.41, 5.74) is 6.82. The first kappa shape index (κ1) is 13.5. The van der Waals surface area contributed by atoms with Crippen molar-refractivity contribution in [2.24, 2.45) is 5.73 Å². The zero-order chi connectivity index (χ0) is 12.7. The lowest BCUT2D eigenvalue weighted by molar-refractivity contribution is -0.140. The topological polar surface area (TPSA) is 61.5 Å². The third-order valence-corrected chi connectivity index (χ3v) is 2.41. The zero-order valence-electron chi connectivity index (χ0n) is 10.3. The summed E-state index contributed by atoms with van der Waals surface area (Å²) in [5.74, 6) is 0.572. The fourth-order valence-corrected chi connectivity index (χ4v) is 1.40. The molecule has 0 bridgehead atoms. The molecule has 1 aromatic carbocycles. The van der Waals surface area contributed by atoms with Crippen molar-refractivity contribution < 1.29 is 14.3 Å².